The lowest BCUT2D eigenvalue weighted by atomic mass is 10.2. The molecule has 19 heavy (non-hydrogen) atoms. The lowest BCUT2D eigenvalue weighted by molar-refractivity contribution is 0.0600. The molecule has 0 radical (unpaired) electrons. The Hall–Kier alpha value is -1.85. The topological polar surface area (TPSA) is 55.4 Å². The van der Waals surface area contributed by atoms with Crippen molar-refractivity contribution in [3.8, 4) is 0 Å². The summed E-state index contributed by atoms with van der Waals surface area (Å²) in [6.07, 6.45) is 0. The molecule has 2 aromatic rings. The lowest BCUT2D eigenvalue weighted by Gasteiger charge is -2.05. The predicted octanol–water partition coefficient (Wildman–Crippen LogP) is 3.44. The Morgan fingerprint density at radius 2 is 2.05 bits per heavy atom. The summed E-state index contributed by atoms with van der Waals surface area (Å²) in [6, 6.07) is 9.84. The summed E-state index contributed by atoms with van der Waals surface area (Å²) in [4.78, 5) is 23.8. The molecule has 0 aliphatic carbocycles. The fraction of sp³-hybridized carbons (Fsp3) is 0.0769. The van der Waals surface area contributed by atoms with Gasteiger partial charge in [0.2, 0.25) is 0 Å². The van der Waals surface area contributed by atoms with Crippen LogP contribution >= 0.6 is 22.9 Å². The zero-order chi connectivity index (χ0) is 13.8. The molecule has 2 rings (SSSR count). The molecule has 1 N–H and O–H groups in total. The van der Waals surface area contributed by atoms with Gasteiger partial charge in [0, 0.05) is 5.69 Å². The molecule has 98 valence electrons. The van der Waals surface area contributed by atoms with E-state index in [-0.39, 0.29) is 5.91 Å². The van der Waals surface area contributed by atoms with E-state index < -0.39 is 5.97 Å². The van der Waals surface area contributed by atoms with Gasteiger partial charge in [-0.25, -0.2) is 4.79 Å². The Bertz CT molecular complexity index is 624. The Kier molecular flexibility index (Phi) is 4.19. The van der Waals surface area contributed by atoms with E-state index in [4.69, 9.17) is 11.6 Å². The first-order valence-corrected chi connectivity index (χ1v) is 6.54. The summed E-state index contributed by atoms with van der Waals surface area (Å²) in [7, 11) is 1.31. The number of nitrogens with one attached hydrogen (secondary N) is 1. The summed E-state index contributed by atoms with van der Waals surface area (Å²) < 4.78 is 5.17. The van der Waals surface area contributed by atoms with E-state index in [0.717, 1.165) is 0 Å². The monoisotopic (exact) mass is 295 g/mol. The maximum absolute atomic E-state index is 11.9. The van der Waals surface area contributed by atoms with Crippen LogP contribution in [0.2, 0.25) is 4.34 Å². The predicted molar refractivity (Wildman–Crippen MR) is 75.1 cm³/mol. The number of carbonyl (C=O) groups excluding carboxylic acids is 2. The second kappa shape index (κ2) is 5.86. The Morgan fingerprint density at radius 3 is 2.68 bits per heavy atom. The van der Waals surface area contributed by atoms with Gasteiger partial charge in [-0.2, -0.15) is 0 Å². The highest BCUT2D eigenvalue weighted by Gasteiger charge is 2.10. The molecular weight excluding hydrogens is 286 g/mol. The summed E-state index contributed by atoms with van der Waals surface area (Å²) in [5.74, 6) is -0.714. The van der Waals surface area contributed by atoms with Crippen molar-refractivity contribution in [3.05, 3.63) is 51.2 Å². The maximum Gasteiger partial charge on any atom is 0.337 e. The Labute approximate surface area is 119 Å². The summed E-state index contributed by atoms with van der Waals surface area (Å²) >= 11 is 6.96. The number of esters is 1. The number of thiophene rings is 1. The van der Waals surface area contributed by atoms with Gasteiger partial charge in [-0.05, 0) is 30.3 Å². The van der Waals surface area contributed by atoms with Crippen LogP contribution in [0.3, 0.4) is 0 Å². The van der Waals surface area contributed by atoms with Gasteiger partial charge in [-0.3, -0.25) is 4.79 Å². The van der Waals surface area contributed by atoms with E-state index in [1.165, 1.54) is 18.4 Å². The molecule has 0 spiro atoms. The van der Waals surface area contributed by atoms with Crippen LogP contribution in [0.25, 0.3) is 0 Å². The summed E-state index contributed by atoms with van der Waals surface area (Å²) in [6.45, 7) is 0. The zero-order valence-corrected chi connectivity index (χ0v) is 11.5. The molecule has 4 nitrogen and oxygen atoms in total. The van der Waals surface area contributed by atoms with E-state index in [2.05, 4.69) is 10.1 Å². The van der Waals surface area contributed by atoms with Gasteiger partial charge in [0.15, 0.2) is 0 Å². The molecule has 6 heteroatoms. The Morgan fingerprint density at radius 1 is 1.26 bits per heavy atom. The number of ether oxygens (including phenoxy) is 1. The van der Waals surface area contributed by atoms with Crippen LogP contribution in [0.1, 0.15) is 20.0 Å². The minimum Gasteiger partial charge on any atom is -0.465 e. The van der Waals surface area contributed by atoms with E-state index in [1.54, 1.807) is 36.4 Å². The highest BCUT2D eigenvalue weighted by molar-refractivity contribution is 7.18. The highest BCUT2D eigenvalue weighted by atomic mass is 35.5. The fourth-order valence-corrected chi connectivity index (χ4v) is 2.41. The number of halogens is 1. The van der Waals surface area contributed by atoms with Crippen LogP contribution in [-0.4, -0.2) is 19.0 Å². The van der Waals surface area contributed by atoms with E-state index in [1.807, 2.05) is 0 Å². The molecule has 0 saturated heterocycles. The minimum absolute atomic E-state index is 0.265. The minimum atomic E-state index is -0.449. The van der Waals surface area contributed by atoms with E-state index >= 15 is 0 Å². The van der Waals surface area contributed by atoms with Crippen LogP contribution < -0.4 is 5.32 Å². The number of carbonyl (C=O) groups is 2. The molecule has 1 aromatic carbocycles. The molecule has 0 aliphatic heterocycles. The summed E-state index contributed by atoms with van der Waals surface area (Å²) in [5.41, 5.74) is 0.905. The normalized spacial score (nSPS) is 10.0. The van der Waals surface area contributed by atoms with Gasteiger partial charge >= 0.3 is 5.97 Å². The van der Waals surface area contributed by atoms with E-state index in [9.17, 15) is 9.59 Å². The molecule has 0 aliphatic rings. The van der Waals surface area contributed by atoms with Crippen LogP contribution in [0.15, 0.2) is 36.4 Å². The Balaban J connectivity index is 2.15. The summed E-state index contributed by atoms with van der Waals surface area (Å²) in [5, 5.41) is 2.70. The quantitative estimate of drug-likeness (QED) is 0.883. The van der Waals surface area contributed by atoms with Gasteiger partial charge in [-0.15, -0.1) is 11.3 Å². The van der Waals surface area contributed by atoms with Crippen molar-refractivity contribution in [2.24, 2.45) is 0 Å². The highest BCUT2D eigenvalue weighted by Crippen LogP contribution is 2.22. The number of benzene rings is 1. The number of hydrogen-bond acceptors (Lipinski definition) is 4. The van der Waals surface area contributed by atoms with Crippen molar-refractivity contribution in [2.75, 3.05) is 12.4 Å². The van der Waals surface area contributed by atoms with E-state index in [0.29, 0.717) is 20.5 Å². The molecule has 0 unspecified atom stereocenters. The maximum atomic E-state index is 11.9. The first-order chi connectivity index (χ1) is 9.10. The van der Waals surface area contributed by atoms with Gasteiger partial charge in [-0.1, -0.05) is 17.7 Å². The number of rotatable bonds is 3. The van der Waals surface area contributed by atoms with Crippen molar-refractivity contribution in [1.29, 1.82) is 0 Å². The average molecular weight is 296 g/mol. The SMILES string of the molecule is COC(=O)c1cccc(NC(=O)c2ccc(Cl)s2)c1. The van der Waals surface area contributed by atoms with Crippen LogP contribution in [0.4, 0.5) is 5.69 Å². The van der Waals surface area contributed by atoms with Crippen molar-refractivity contribution in [3.63, 3.8) is 0 Å². The fourth-order valence-electron chi connectivity index (χ4n) is 1.47. The number of amides is 1. The molecule has 1 heterocycles. The lowest BCUT2D eigenvalue weighted by Crippen LogP contribution is -2.11. The zero-order valence-electron chi connectivity index (χ0n) is 9.98. The molecule has 0 atom stereocenters. The third-order valence-corrected chi connectivity index (χ3v) is 3.57. The molecular formula is C13H10ClNO3S. The third kappa shape index (κ3) is 3.33. The van der Waals surface area contributed by atoms with Gasteiger partial charge < -0.3 is 10.1 Å². The molecule has 0 saturated carbocycles. The third-order valence-electron chi connectivity index (χ3n) is 2.34. The second-order valence-corrected chi connectivity index (χ2v) is 5.35. The van der Waals surface area contributed by atoms with Gasteiger partial charge in [0.1, 0.15) is 0 Å². The largest absolute Gasteiger partial charge is 0.465 e. The first-order valence-electron chi connectivity index (χ1n) is 5.35. The van der Waals surface area contributed by atoms with Gasteiger partial charge in [0.05, 0.1) is 21.9 Å². The van der Waals surface area contributed by atoms with Crippen molar-refractivity contribution in [2.45, 2.75) is 0 Å². The molecule has 0 bridgehead atoms. The van der Waals surface area contributed by atoms with Crippen LogP contribution in [-0.2, 0) is 4.74 Å². The smallest absolute Gasteiger partial charge is 0.337 e. The standard InChI is InChI=1S/C13H10ClNO3S/c1-18-13(17)8-3-2-4-9(7-8)15-12(16)10-5-6-11(14)19-10/h2-7H,1H3,(H,15,16). The second-order valence-electron chi connectivity index (χ2n) is 3.63. The van der Waals surface area contributed by atoms with Crippen molar-refractivity contribution >= 4 is 40.5 Å². The number of hydrogen-bond donors (Lipinski definition) is 1. The van der Waals surface area contributed by atoms with Crippen LogP contribution in [0, 0.1) is 0 Å². The number of anilines is 1. The number of methoxy groups -OCH3 is 1. The average Bonchev–Trinajstić information content (AvgIpc) is 2.85. The first kappa shape index (κ1) is 13.6. The van der Waals surface area contributed by atoms with Crippen molar-refractivity contribution in [1.82, 2.24) is 0 Å². The molecule has 1 amide bonds. The molecule has 0 fully saturated rings. The van der Waals surface area contributed by atoms with Crippen molar-refractivity contribution < 1.29 is 14.3 Å². The van der Waals surface area contributed by atoms with Gasteiger partial charge in [0.25, 0.3) is 5.91 Å². The van der Waals surface area contributed by atoms with Crippen LogP contribution in [0.5, 0.6) is 0 Å². The molecule has 1 aromatic heterocycles.